The third-order valence-corrected chi connectivity index (χ3v) is 18.8. The third kappa shape index (κ3) is 59.2. The molecule has 11 heteroatoms. The number of carbonyl (C=O) groups excluding carboxylic acids is 2. The van der Waals surface area contributed by atoms with Crippen LogP contribution in [0.2, 0.25) is 0 Å². The second-order valence-electron chi connectivity index (χ2n) is 27.7. The van der Waals surface area contributed by atoms with Crippen LogP contribution in [0.25, 0.3) is 0 Å². The zero-order chi connectivity index (χ0) is 67.2. The van der Waals surface area contributed by atoms with Gasteiger partial charge in [0.2, 0.25) is 5.91 Å². The number of hydrogen-bond donors (Lipinski definition) is 6. The number of amides is 1. The molecule has 1 heterocycles. The van der Waals surface area contributed by atoms with Gasteiger partial charge in [-0.25, -0.2) is 0 Å². The number of ether oxygens (including phenoxy) is 3. The van der Waals surface area contributed by atoms with Gasteiger partial charge < -0.3 is 45.1 Å². The lowest BCUT2D eigenvalue weighted by molar-refractivity contribution is -0.302. The van der Waals surface area contributed by atoms with Crippen molar-refractivity contribution in [2.45, 2.75) is 429 Å². The second kappa shape index (κ2) is 70.7. The van der Waals surface area contributed by atoms with Crippen molar-refractivity contribution in [3.05, 3.63) is 60.8 Å². The van der Waals surface area contributed by atoms with Gasteiger partial charge in [-0.1, -0.05) is 351 Å². The van der Waals surface area contributed by atoms with Crippen LogP contribution in [0.3, 0.4) is 0 Å². The second-order valence-corrected chi connectivity index (χ2v) is 27.7. The molecule has 0 saturated carbocycles. The molecule has 11 nitrogen and oxygen atoms in total. The lowest BCUT2D eigenvalue weighted by Crippen LogP contribution is -2.60. The molecule has 93 heavy (non-hydrogen) atoms. The van der Waals surface area contributed by atoms with Crippen molar-refractivity contribution in [1.29, 1.82) is 0 Å². The fraction of sp³-hybridized carbons (Fsp3) is 0.854. The lowest BCUT2D eigenvalue weighted by Gasteiger charge is -2.40. The van der Waals surface area contributed by atoms with Crippen molar-refractivity contribution in [3.8, 4) is 0 Å². The first-order valence-corrected chi connectivity index (χ1v) is 40.1. The molecule has 0 aromatic heterocycles. The van der Waals surface area contributed by atoms with Crippen LogP contribution in [0.4, 0.5) is 0 Å². The lowest BCUT2D eigenvalue weighted by atomic mass is 9.99. The van der Waals surface area contributed by atoms with E-state index in [1.54, 1.807) is 6.08 Å². The number of unbranched alkanes of at least 4 members (excludes halogenated alkanes) is 49. The number of nitrogens with one attached hydrogen (secondary N) is 1. The minimum Gasteiger partial charge on any atom is -0.466 e. The number of rotatable bonds is 71. The first kappa shape index (κ1) is 88.4. The van der Waals surface area contributed by atoms with Gasteiger partial charge in [0, 0.05) is 12.8 Å². The molecule has 0 radical (unpaired) electrons. The van der Waals surface area contributed by atoms with E-state index in [1.165, 1.54) is 283 Å². The molecule has 0 aromatic carbocycles. The van der Waals surface area contributed by atoms with Crippen LogP contribution in [0, 0.1) is 0 Å². The molecule has 544 valence electrons. The fourth-order valence-corrected chi connectivity index (χ4v) is 12.6. The van der Waals surface area contributed by atoms with Crippen LogP contribution in [-0.4, -0.2) is 100 Å². The molecule has 0 bridgehead atoms. The highest BCUT2D eigenvalue weighted by Crippen LogP contribution is 2.24. The number of carbonyl (C=O) groups is 2. The Kier molecular flexibility index (Phi) is 67.2. The predicted molar refractivity (Wildman–Crippen MR) is 393 cm³/mol. The Hall–Kier alpha value is -2.64. The van der Waals surface area contributed by atoms with Gasteiger partial charge in [0.1, 0.15) is 24.4 Å². The Morgan fingerprint density at radius 2 is 0.753 bits per heavy atom. The third-order valence-electron chi connectivity index (χ3n) is 18.8. The number of hydrogen-bond acceptors (Lipinski definition) is 10. The van der Waals surface area contributed by atoms with Crippen LogP contribution in [-0.2, 0) is 23.8 Å². The predicted octanol–water partition coefficient (Wildman–Crippen LogP) is 21.6. The van der Waals surface area contributed by atoms with Crippen molar-refractivity contribution < 1.29 is 49.3 Å². The largest absolute Gasteiger partial charge is 0.466 e. The molecule has 0 spiro atoms. The summed E-state index contributed by atoms with van der Waals surface area (Å²) in [7, 11) is 0. The molecule has 0 aromatic rings. The van der Waals surface area contributed by atoms with Gasteiger partial charge in [0.05, 0.1) is 32.0 Å². The highest BCUT2D eigenvalue weighted by atomic mass is 16.7. The number of allylic oxidation sites excluding steroid dienone is 9. The molecule has 1 amide bonds. The smallest absolute Gasteiger partial charge is 0.305 e. The average Bonchev–Trinajstić information content (AvgIpc) is 0.962. The van der Waals surface area contributed by atoms with Crippen LogP contribution in [0.1, 0.15) is 386 Å². The Balaban J connectivity index is 1.88. The van der Waals surface area contributed by atoms with E-state index in [4.69, 9.17) is 14.2 Å². The summed E-state index contributed by atoms with van der Waals surface area (Å²) in [5.41, 5.74) is 0. The number of aliphatic hydroxyl groups is 5. The van der Waals surface area contributed by atoms with E-state index in [0.717, 1.165) is 77.0 Å². The van der Waals surface area contributed by atoms with Crippen LogP contribution < -0.4 is 5.32 Å². The van der Waals surface area contributed by atoms with Crippen molar-refractivity contribution in [1.82, 2.24) is 5.32 Å². The molecule has 1 saturated heterocycles. The zero-order valence-electron chi connectivity index (χ0n) is 60.7. The normalized spacial score (nSPS) is 17.8. The van der Waals surface area contributed by atoms with E-state index >= 15 is 0 Å². The first-order valence-electron chi connectivity index (χ1n) is 40.1. The molecule has 7 atom stereocenters. The topological polar surface area (TPSA) is 175 Å². The maximum absolute atomic E-state index is 13.0. The summed E-state index contributed by atoms with van der Waals surface area (Å²) in [4.78, 5) is 25.1. The SMILES string of the molecule is CCC/C=C/CC/C=C/CC/C=C/C(O)C(COC1OC(CO)C(O)C(O)C1O)NC(=O)CCCCCCCCCCCCCCCCCCC/C=C\C/C=C\CCCCCCCCCCCCCCCCCOC(=O)CCCCCCCCCCCCCCCCC. The van der Waals surface area contributed by atoms with E-state index in [-0.39, 0.29) is 18.5 Å². The van der Waals surface area contributed by atoms with Gasteiger partial charge in [-0.05, 0) is 83.5 Å². The summed E-state index contributed by atoms with van der Waals surface area (Å²) in [6.45, 7) is 4.29. The summed E-state index contributed by atoms with van der Waals surface area (Å²) in [5.74, 6) is -0.176. The van der Waals surface area contributed by atoms with E-state index in [0.29, 0.717) is 19.4 Å². The summed E-state index contributed by atoms with van der Waals surface area (Å²) in [5, 5.41) is 54.4. The van der Waals surface area contributed by atoms with Gasteiger partial charge in [-0.3, -0.25) is 9.59 Å². The van der Waals surface area contributed by atoms with E-state index in [1.807, 2.05) is 6.08 Å². The van der Waals surface area contributed by atoms with Gasteiger partial charge in [-0.2, -0.15) is 0 Å². The molecule has 7 unspecified atom stereocenters. The monoisotopic (exact) mass is 1310 g/mol. The van der Waals surface area contributed by atoms with Crippen LogP contribution >= 0.6 is 0 Å². The van der Waals surface area contributed by atoms with Crippen LogP contribution in [0.15, 0.2) is 60.8 Å². The Bertz CT molecular complexity index is 1730. The maximum atomic E-state index is 13.0. The summed E-state index contributed by atoms with van der Waals surface area (Å²) in [6.07, 6.45) is 85.6. The fourth-order valence-electron chi connectivity index (χ4n) is 12.6. The maximum Gasteiger partial charge on any atom is 0.305 e. The highest BCUT2D eigenvalue weighted by Gasteiger charge is 2.44. The number of aliphatic hydroxyl groups excluding tert-OH is 5. The molecule has 1 rings (SSSR count). The van der Waals surface area contributed by atoms with Crippen molar-refractivity contribution in [2.75, 3.05) is 19.8 Å². The van der Waals surface area contributed by atoms with Crippen molar-refractivity contribution in [2.24, 2.45) is 0 Å². The summed E-state index contributed by atoms with van der Waals surface area (Å²) < 4.78 is 16.7. The highest BCUT2D eigenvalue weighted by molar-refractivity contribution is 5.76. The van der Waals surface area contributed by atoms with Gasteiger partial charge in [0.25, 0.3) is 0 Å². The summed E-state index contributed by atoms with van der Waals surface area (Å²) in [6, 6.07) is -0.833. The quantitative estimate of drug-likeness (QED) is 0.0195. The van der Waals surface area contributed by atoms with E-state index in [2.05, 4.69) is 67.8 Å². The molecule has 0 aliphatic carbocycles. The summed E-state index contributed by atoms with van der Waals surface area (Å²) >= 11 is 0. The van der Waals surface area contributed by atoms with E-state index in [9.17, 15) is 35.1 Å². The minimum absolute atomic E-state index is 0.0175. The van der Waals surface area contributed by atoms with Crippen molar-refractivity contribution >= 4 is 11.9 Å². The Labute approximate surface area is 573 Å². The molecular formula is C82H151NO10. The molecular weight excluding hydrogens is 1160 g/mol. The van der Waals surface area contributed by atoms with Gasteiger partial charge in [0.15, 0.2) is 6.29 Å². The Morgan fingerprint density at radius 1 is 0.398 bits per heavy atom. The van der Waals surface area contributed by atoms with Crippen LogP contribution in [0.5, 0.6) is 0 Å². The molecule has 1 aliphatic rings. The molecule has 1 fully saturated rings. The van der Waals surface area contributed by atoms with Gasteiger partial charge >= 0.3 is 5.97 Å². The average molecular weight is 1310 g/mol. The van der Waals surface area contributed by atoms with Gasteiger partial charge in [-0.15, -0.1) is 0 Å². The standard InChI is InChI=1S/C82H151NO10/c1-3-5-7-9-11-13-15-16-42-46-50-54-58-62-66-70-78(87)91-71-67-63-59-55-51-47-44-41-39-37-35-33-31-29-27-25-23-21-19-17-18-20-22-24-26-28-30-32-34-36-38-40-43-45-49-53-57-61-65-69-77(86)83-74(73-92-82-81(90)80(89)79(88)76(72-84)93-82)75(85)68-64-60-56-52-48-14-12-10-8-6-4-2/h8,10,17-18,21,23,48,52,64,68,74-76,79-82,84-85,88-90H,3-7,9,11-16,19-20,22,24-47,49-51,53-63,65-67,69-73H2,1-2H3,(H,83,86)/b10-8+,18-17-,23-21-,52-48+,68-64+. The minimum atomic E-state index is -1.58. The first-order chi connectivity index (χ1) is 45.7. The van der Waals surface area contributed by atoms with E-state index < -0.39 is 49.5 Å². The molecule has 6 N–H and O–H groups in total. The zero-order valence-corrected chi connectivity index (χ0v) is 60.7. The number of esters is 1. The van der Waals surface area contributed by atoms with Crippen molar-refractivity contribution in [3.63, 3.8) is 0 Å². The Morgan fingerprint density at radius 3 is 1.16 bits per heavy atom. The molecule has 1 aliphatic heterocycles.